The molecule has 0 radical (unpaired) electrons. The molecule has 3 atom stereocenters. The van der Waals surface area contributed by atoms with Crippen LogP contribution in [0.25, 0.3) is 0 Å². The van der Waals surface area contributed by atoms with Gasteiger partial charge in [0.25, 0.3) is 0 Å². The second-order valence-corrected chi connectivity index (χ2v) is 5.25. The lowest BCUT2D eigenvalue weighted by molar-refractivity contribution is 0.222. The van der Waals surface area contributed by atoms with Crippen molar-refractivity contribution in [1.29, 1.82) is 0 Å². The fourth-order valence-electron chi connectivity index (χ4n) is 2.77. The van der Waals surface area contributed by atoms with Crippen LogP contribution in [-0.4, -0.2) is 23.8 Å². The average molecular weight is 233 g/mol. The summed E-state index contributed by atoms with van der Waals surface area (Å²) in [5, 5.41) is 13.1. The molecule has 2 rings (SSSR count). The van der Waals surface area contributed by atoms with Gasteiger partial charge in [-0.15, -0.1) is 0 Å². The lowest BCUT2D eigenvalue weighted by atomic mass is 10.0. The highest BCUT2D eigenvalue weighted by Crippen LogP contribution is 2.25. The molecule has 0 amide bonds. The molecule has 1 aliphatic carbocycles. The van der Waals surface area contributed by atoms with Gasteiger partial charge in [0, 0.05) is 12.1 Å². The topological polar surface area (TPSA) is 32.3 Å². The van der Waals surface area contributed by atoms with Crippen molar-refractivity contribution >= 4 is 0 Å². The van der Waals surface area contributed by atoms with Crippen molar-refractivity contribution in [3.63, 3.8) is 0 Å². The van der Waals surface area contributed by atoms with Gasteiger partial charge >= 0.3 is 0 Å². The summed E-state index contributed by atoms with van der Waals surface area (Å²) in [6.45, 7) is 2.53. The Kier molecular flexibility index (Phi) is 4.57. The Bertz CT molecular complexity index is 325. The van der Waals surface area contributed by atoms with Crippen LogP contribution in [0.1, 0.15) is 31.7 Å². The molecule has 1 fully saturated rings. The predicted molar refractivity (Wildman–Crippen MR) is 71.0 cm³/mol. The molecule has 3 unspecified atom stereocenters. The fourth-order valence-corrected chi connectivity index (χ4v) is 2.77. The number of nitrogens with one attached hydrogen (secondary N) is 1. The molecule has 0 spiro atoms. The van der Waals surface area contributed by atoms with E-state index in [1.54, 1.807) is 0 Å². The molecule has 0 bridgehead atoms. The van der Waals surface area contributed by atoms with E-state index in [1.165, 1.54) is 24.8 Å². The Hall–Kier alpha value is -0.860. The van der Waals surface area contributed by atoms with E-state index < -0.39 is 0 Å². The standard InChI is InChI=1S/C15H23NO/c1-12-6-5-9-15(12)16-14(11-17)10-13-7-3-2-4-8-13/h2-4,7-8,12,14-17H,5-6,9-11H2,1H3. The Morgan fingerprint density at radius 3 is 2.65 bits per heavy atom. The third kappa shape index (κ3) is 3.55. The van der Waals surface area contributed by atoms with Crippen LogP contribution in [0, 0.1) is 5.92 Å². The SMILES string of the molecule is CC1CCCC1NC(CO)Cc1ccccc1. The molecule has 0 saturated heterocycles. The maximum atomic E-state index is 9.47. The van der Waals surface area contributed by atoms with E-state index in [-0.39, 0.29) is 12.6 Å². The first-order chi connectivity index (χ1) is 8.29. The Morgan fingerprint density at radius 2 is 2.06 bits per heavy atom. The van der Waals surface area contributed by atoms with E-state index in [1.807, 2.05) is 6.07 Å². The summed E-state index contributed by atoms with van der Waals surface area (Å²) >= 11 is 0. The largest absolute Gasteiger partial charge is 0.395 e. The molecular weight excluding hydrogens is 210 g/mol. The van der Waals surface area contributed by atoms with Crippen LogP contribution in [0.5, 0.6) is 0 Å². The van der Waals surface area contributed by atoms with Gasteiger partial charge in [-0.05, 0) is 30.7 Å². The highest BCUT2D eigenvalue weighted by Gasteiger charge is 2.25. The lowest BCUT2D eigenvalue weighted by Crippen LogP contribution is -2.43. The monoisotopic (exact) mass is 233 g/mol. The van der Waals surface area contributed by atoms with E-state index in [4.69, 9.17) is 0 Å². The fraction of sp³-hybridized carbons (Fsp3) is 0.600. The minimum Gasteiger partial charge on any atom is -0.395 e. The highest BCUT2D eigenvalue weighted by molar-refractivity contribution is 5.16. The second-order valence-electron chi connectivity index (χ2n) is 5.25. The molecule has 1 aromatic rings. The third-order valence-corrected chi connectivity index (χ3v) is 3.86. The first-order valence-electron chi connectivity index (χ1n) is 6.70. The summed E-state index contributed by atoms with van der Waals surface area (Å²) in [7, 11) is 0. The first-order valence-corrected chi connectivity index (χ1v) is 6.70. The maximum absolute atomic E-state index is 9.47. The van der Waals surface area contributed by atoms with Gasteiger partial charge in [-0.1, -0.05) is 43.7 Å². The smallest absolute Gasteiger partial charge is 0.0587 e. The van der Waals surface area contributed by atoms with Gasteiger partial charge in [0.15, 0.2) is 0 Å². The van der Waals surface area contributed by atoms with Gasteiger partial charge in [0.2, 0.25) is 0 Å². The molecule has 1 aliphatic rings. The van der Waals surface area contributed by atoms with Crippen LogP contribution in [0.4, 0.5) is 0 Å². The zero-order chi connectivity index (χ0) is 12.1. The van der Waals surface area contributed by atoms with Crippen LogP contribution < -0.4 is 5.32 Å². The lowest BCUT2D eigenvalue weighted by Gasteiger charge is -2.24. The molecule has 17 heavy (non-hydrogen) atoms. The van der Waals surface area contributed by atoms with Crippen LogP contribution in [0.2, 0.25) is 0 Å². The summed E-state index contributed by atoms with van der Waals surface area (Å²) in [5.74, 6) is 0.750. The molecule has 0 aromatic heterocycles. The van der Waals surface area contributed by atoms with Crippen molar-refractivity contribution in [1.82, 2.24) is 5.32 Å². The first kappa shape index (κ1) is 12.6. The van der Waals surface area contributed by atoms with Crippen molar-refractivity contribution in [3.05, 3.63) is 35.9 Å². The van der Waals surface area contributed by atoms with Crippen molar-refractivity contribution in [2.45, 2.75) is 44.7 Å². The van der Waals surface area contributed by atoms with Gasteiger partial charge in [-0.25, -0.2) is 0 Å². The van der Waals surface area contributed by atoms with Crippen LogP contribution in [-0.2, 0) is 6.42 Å². The molecule has 1 aromatic carbocycles. The van der Waals surface area contributed by atoms with Crippen LogP contribution in [0.3, 0.4) is 0 Å². The van der Waals surface area contributed by atoms with Crippen molar-refractivity contribution in [2.24, 2.45) is 5.92 Å². The number of benzene rings is 1. The van der Waals surface area contributed by atoms with Gasteiger partial charge in [-0.2, -0.15) is 0 Å². The van der Waals surface area contributed by atoms with E-state index in [0.717, 1.165) is 12.3 Å². The number of aliphatic hydroxyl groups excluding tert-OH is 1. The molecule has 2 N–H and O–H groups in total. The predicted octanol–water partition coefficient (Wildman–Crippen LogP) is 2.37. The van der Waals surface area contributed by atoms with Gasteiger partial charge in [0.05, 0.1) is 6.61 Å². The van der Waals surface area contributed by atoms with Crippen molar-refractivity contribution in [2.75, 3.05) is 6.61 Å². The zero-order valence-corrected chi connectivity index (χ0v) is 10.6. The average Bonchev–Trinajstić information content (AvgIpc) is 2.75. The molecule has 2 nitrogen and oxygen atoms in total. The molecule has 1 saturated carbocycles. The second kappa shape index (κ2) is 6.18. The van der Waals surface area contributed by atoms with Crippen LogP contribution >= 0.6 is 0 Å². The van der Waals surface area contributed by atoms with E-state index in [9.17, 15) is 5.11 Å². The Balaban J connectivity index is 1.88. The maximum Gasteiger partial charge on any atom is 0.0587 e. The molecule has 2 heteroatoms. The Labute approximate surface area is 104 Å². The number of hydrogen-bond acceptors (Lipinski definition) is 2. The number of aliphatic hydroxyl groups is 1. The zero-order valence-electron chi connectivity index (χ0n) is 10.6. The quantitative estimate of drug-likeness (QED) is 0.818. The van der Waals surface area contributed by atoms with Gasteiger partial charge in [-0.3, -0.25) is 0 Å². The molecular formula is C15H23NO. The third-order valence-electron chi connectivity index (χ3n) is 3.86. The normalized spacial score (nSPS) is 26.0. The summed E-state index contributed by atoms with van der Waals surface area (Å²) in [5.41, 5.74) is 1.30. The summed E-state index contributed by atoms with van der Waals surface area (Å²) in [6, 6.07) is 11.2. The van der Waals surface area contributed by atoms with Gasteiger partial charge in [0.1, 0.15) is 0 Å². The summed E-state index contributed by atoms with van der Waals surface area (Å²) in [4.78, 5) is 0. The van der Waals surface area contributed by atoms with E-state index in [0.29, 0.717) is 6.04 Å². The van der Waals surface area contributed by atoms with E-state index >= 15 is 0 Å². The van der Waals surface area contributed by atoms with Crippen molar-refractivity contribution in [3.8, 4) is 0 Å². The Morgan fingerprint density at radius 1 is 1.29 bits per heavy atom. The minimum absolute atomic E-state index is 0.197. The summed E-state index contributed by atoms with van der Waals surface area (Å²) in [6.07, 6.45) is 4.82. The summed E-state index contributed by atoms with van der Waals surface area (Å²) < 4.78 is 0. The van der Waals surface area contributed by atoms with Gasteiger partial charge < -0.3 is 10.4 Å². The van der Waals surface area contributed by atoms with E-state index in [2.05, 4.69) is 36.5 Å². The molecule has 0 heterocycles. The van der Waals surface area contributed by atoms with Crippen molar-refractivity contribution < 1.29 is 5.11 Å². The molecule has 0 aliphatic heterocycles. The minimum atomic E-state index is 0.197. The number of hydrogen-bond donors (Lipinski definition) is 2. The highest BCUT2D eigenvalue weighted by atomic mass is 16.3. The van der Waals surface area contributed by atoms with Crippen LogP contribution in [0.15, 0.2) is 30.3 Å². The number of rotatable bonds is 5. The molecule has 94 valence electrons.